The Morgan fingerprint density at radius 3 is 1.92 bits per heavy atom. The molecule has 6 rings (SSSR count). The second kappa shape index (κ2) is 8.38. The normalized spacial score (nSPS) is 26.4. The Morgan fingerprint density at radius 1 is 0.730 bits per heavy atom. The van der Waals surface area contributed by atoms with Crippen LogP contribution >= 0.6 is 0 Å². The molecular weight excluding hydrogens is 468 g/mol. The molecule has 186 valence electrons. The molecule has 0 saturated carbocycles. The van der Waals surface area contributed by atoms with E-state index in [2.05, 4.69) is 5.32 Å². The number of carbonyl (C=O) groups is 4. The van der Waals surface area contributed by atoms with Crippen LogP contribution in [0, 0.1) is 5.92 Å². The largest absolute Gasteiger partial charge is 0.338 e. The van der Waals surface area contributed by atoms with E-state index in [1.807, 2.05) is 61.3 Å². The molecule has 0 unspecified atom stereocenters. The molecule has 0 aliphatic carbocycles. The van der Waals surface area contributed by atoms with Crippen molar-refractivity contribution >= 4 is 29.3 Å². The fourth-order valence-corrected chi connectivity index (χ4v) is 6.07. The van der Waals surface area contributed by atoms with Crippen molar-refractivity contribution in [3.05, 3.63) is 102 Å². The predicted octanol–water partition coefficient (Wildman–Crippen LogP) is 2.94. The highest BCUT2D eigenvalue weighted by molar-refractivity contribution is 6.25. The topological polar surface area (TPSA) is 90.0 Å². The molecule has 4 atom stereocenters. The van der Waals surface area contributed by atoms with Crippen LogP contribution in [0.2, 0.25) is 0 Å². The molecule has 3 aliphatic rings. The van der Waals surface area contributed by atoms with Crippen molar-refractivity contribution < 1.29 is 19.2 Å². The highest BCUT2D eigenvalue weighted by atomic mass is 16.2. The summed E-state index contributed by atoms with van der Waals surface area (Å²) in [5.41, 5.74) is 0.839. The maximum atomic E-state index is 14.1. The molecule has 3 fully saturated rings. The zero-order valence-corrected chi connectivity index (χ0v) is 20.4. The van der Waals surface area contributed by atoms with Crippen molar-refractivity contribution in [3.63, 3.8) is 0 Å². The maximum Gasteiger partial charge on any atom is 0.262 e. The van der Waals surface area contributed by atoms with Crippen molar-refractivity contribution in [3.8, 4) is 0 Å². The minimum Gasteiger partial charge on any atom is -0.338 e. The number of fused-ring (bicyclic) bond motifs is 3. The summed E-state index contributed by atoms with van der Waals surface area (Å²) in [4.78, 5) is 55.9. The summed E-state index contributed by atoms with van der Waals surface area (Å²) in [6.07, 6.45) is 0. The van der Waals surface area contributed by atoms with Gasteiger partial charge in [0.25, 0.3) is 17.7 Å². The second-order valence-electron chi connectivity index (χ2n) is 10.1. The zero-order chi connectivity index (χ0) is 25.9. The number of anilines is 1. The third-order valence-electron chi connectivity index (χ3n) is 7.67. The lowest BCUT2D eigenvalue weighted by molar-refractivity contribution is -0.147. The molecule has 8 heteroatoms. The number of para-hydroxylation sites is 1. The maximum absolute atomic E-state index is 14.1. The number of nitrogens with one attached hydrogen (secondary N) is 1. The SMILES string of the molecule is CC1(C)[C@@H]2C(=O)N(c3ccccc3)C(=O)[C@@H]2N2C(=O)[C@@H](NC(=O)c3ccccc3)[C@H](c3ccccc3)N21. The number of hydrazine groups is 1. The van der Waals surface area contributed by atoms with E-state index in [-0.39, 0.29) is 11.8 Å². The first-order valence-corrected chi connectivity index (χ1v) is 12.3. The van der Waals surface area contributed by atoms with Crippen LogP contribution in [0.15, 0.2) is 91.0 Å². The van der Waals surface area contributed by atoms with Crippen LogP contribution in [0.3, 0.4) is 0 Å². The third-order valence-corrected chi connectivity index (χ3v) is 7.67. The predicted molar refractivity (Wildman–Crippen MR) is 136 cm³/mol. The third kappa shape index (κ3) is 3.33. The molecule has 3 heterocycles. The van der Waals surface area contributed by atoms with Crippen LogP contribution in [-0.2, 0) is 14.4 Å². The lowest BCUT2D eigenvalue weighted by Crippen LogP contribution is -2.51. The molecule has 3 aliphatic heterocycles. The van der Waals surface area contributed by atoms with Gasteiger partial charge in [0.2, 0.25) is 5.91 Å². The van der Waals surface area contributed by atoms with E-state index in [1.165, 1.54) is 9.91 Å². The standard InChI is InChI=1S/C29H26N4O4/c1-29(2)21-24(28(37)31(26(21)35)20-16-10-5-11-17-20)32-27(36)22(30-25(34)19-14-8-4-9-15-19)23(33(29)32)18-12-6-3-7-13-18/h3-17,21-24H,1-2H3,(H,30,34)/t21-,22-,23-,24+/m0/s1. The first kappa shape index (κ1) is 23.1. The van der Waals surface area contributed by atoms with Gasteiger partial charge in [0.1, 0.15) is 12.1 Å². The fourth-order valence-electron chi connectivity index (χ4n) is 6.07. The van der Waals surface area contributed by atoms with E-state index in [0.29, 0.717) is 11.3 Å². The molecule has 0 radical (unpaired) electrons. The fraction of sp³-hybridized carbons (Fsp3) is 0.241. The van der Waals surface area contributed by atoms with E-state index in [4.69, 9.17) is 0 Å². The number of imide groups is 1. The van der Waals surface area contributed by atoms with Gasteiger partial charge in [-0.2, -0.15) is 0 Å². The average molecular weight is 495 g/mol. The van der Waals surface area contributed by atoms with Gasteiger partial charge in [-0.15, -0.1) is 0 Å². The van der Waals surface area contributed by atoms with E-state index in [1.54, 1.807) is 48.5 Å². The van der Waals surface area contributed by atoms with E-state index in [0.717, 1.165) is 5.56 Å². The summed E-state index contributed by atoms with van der Waals surface area (Å²) < 4.78 is 0. The number of hydrogen-bond acceptors (Lipinski definition) is 5. The number of rotatable bonds is 4. The summed E-state index contributed by atoms with van der Waals surface area (Å²) in [6.45, 7) is 3.77. The van der Waals surface area contributed by atoms with E-state index in [9.17, 15) is 19.2 Å². The minimum absolute atomic E-state index is 0.329. The van der Waals surface area contributed by atoms with E-state index < -0.39 is 41.4 Å². The molecule has 3 saturated heterocycles. The number of nitrogens with zero attached hydrogens (tertiary/aromatic N) is 3. The second-order valence-corrected chi connectivity index (χ2v) is 10.1. The Labute approximate surface area is 214 Å². The summed E-state index contributed by atoms with van der Waals surface area (Å²) in [5.74, 6) is -2.30. The van der Waals surface area contributed by atoms with Gasteiger partial charge in [-0.3, -0.25) is 24.2 Å². The molecule has 0 aromatic heterocycles. The number of amides is 4. The quantitative estimate of drug-likeness (QED) is 0.564. The van der Waals surface area contributed by atoms with Crippen molar-refractivity contribution in [1.29, 1.82) is 0 Å². The highest BCUT2D eigenvalue weighted by Crippen LogP contribution is 2.53. The smallest absolute Gasteiger partial charge is 0.262 e. The molecular formula is C29H26N4O4. The molecule has 0 bridgehead atoms. The Bertz CT molecular complexity index is 1390. The molecule has 4 amide bonds. The van der Waals surface area contributed by atoms with Gasteiger partial charge in [0.15, 0.2) is 0 Å². The Morgan fingerprint density at radius 2 is 1.30 bits per heavy atom. The molecule has 0 spiro atoms. The first-order valence-electron chi connectivity index (χ1n) is 12.3. The molecule has 8 nitrogen and oxygen atoms in total. The monoisotopic (exact) mass is 494 g/mol. The van der Waals surface area contributed by atoms with Crippen LogP contribution in [-0.4, -0.2) is 51.3 Å². The van der Waals surface area contributed by atoms with Crippen LogP contribution in [0.1, 0.15) is 35.8 Å². The van der Waals surface area contributed by atoms with Gasteiger partial charge >= 0.3 is 0 Å². The molecule has 37 heavy (non-hydrogen) atoms. The summed E-state index contributed by atoms with van der Waals surface area (Å²) in [6, 6.07) is 24.4. The number of hydrogen-bond donors (Lipinski definition) is 1. The highest BCUT2D eigenvalue weighted by Gasteiger charge is 2.71. The first-order chi connectivity index (χ1) is 17.8. The van der Waals surface area contributed by atoms with Crippen molar-refractivity contribution in [2.24, 2.45) is 5.92 Å². The van der Waals surface area contributed by atoms with Crippen LogP contribution < -0.4 is 10.2 Å². The van der Waals surface area contributed by atoms with Crippen molar-refractivity contribution in [1.82, 2.24) is 15.3 Å². The van der Waals surface area contributed by atoms with Gasteiger partial charge in [-0.25, -0.2) is 9.91 Å². The lowest BCUT2D eigenvalue weighted by atomic mass is 9.82. The van der Waals surface area contributed by atoms with E-state index >= 15 is 0 Å². The van der Waals surface area contributed by atoms with Gasteiger partial charge in [0, 0.05) is 11.1 Å². The molecule has 3 aromatic carbocycles. The van der Waals surface area contributed by atoms with Crippen molar-refractivity contribution in [2.45, 2.75) is 37.5 Å². The van der Waals surface area contributed by atoms with Crippen molar-refractivity contribution in [2.75, 3.05) is 4.90 Å². The average Bonchev–Trinajstić information content (AvgIpc) is 3.45. The summed E-state index contributed by atoms with van der Waals surface area (Å²) >= 11 is 0. The van der Waals surface area contributed by atoms with Gasteiger partial charge in [-0.1, -0.05) is 66.7 Å². The van der Waals surface area contributed by atoms with Gasteiger partial charge in [-0.05, 0) is 43.7 Å². The number of benzene rings is 3. The van der Waals surface area contributed by atoms with Crippen LogP contribution in [0.4, 0.5) is 5.69 Å². The molecule has 1 N–H and O–H groups in total. The summed E-state index contributed by atoms with van der Waals surface area (Å²) in [7, 11) is 0. The van der Waals surface area contributed by atoms with Gasteiger partial charge < -0.3 is 5.32 Å². The zero-order valence-electron chi connectivity index (χ0n) is 20.4. The number of carbonyl (C=O) groups excluding carboxylic acids is 4. The Hall–Kier alpha value is -4.30. The van der Waals surface area contributed by atoms with Crippen LogP contribution in [0.5, 0.6) is 0 Å². The lowest BCUT2D eigenvalue weighted by Gasteiger charge is -2.39. The Balaban J connectivity index is 1.43. The summed E-state index contributed by atoms with van der Waals surface area (Å²) in [5, 5.41) is 6.20. The van der Waals surface area contributed by atoms with Crippen LogP contribution in [0.25, 0.3) is 0 Å². The molecule has 3 aromatic rings. The van der Waals surface area contributed by atoms with Gasteiger partial charge in [0.05, 0.1) is 17.6 Å². The minimum atomic E-state index is -0.986. The Kier molecular flexibility index (Phi) is 5.24.